The fourth-order valence-corrected chi connectivity index (χ4v) is 4.52. The summed E-state index contributed by atoms with van der Waals surface area (Å²) >= 11 is 6.04. The van der Waals surface area contributed by atoms with Crippen molar-refractivity contribution < 1.29 is 14.3 Å². The fourth-order valence-electron chi connectivity index (χ4n) is 4.40. The highest BCUT2D eigenvalue weighted by Gasteiger charge is 2.32. The van der Waals surface area contributed by atoms with Crippen molar-refractivity contribution >= 4 is 34.3 Å². The lowest BCUT2D eigenvalue weighted by Gasteiger charge is -2.36. The summed E-state index contributed by atoms with van der Waals surface area (Å²) in [6.07, 6.45) is 1.40. The number of benzene rings is 2. The van der Waals surface area contributed by atoms with Crippen molar-refractivity contribution in [1.29, 1.82) is 0 Å². The van der Waals surface area contributed by atoms with Gasteiger partial charge in [0.25, 0.3) is 11.8 Å². The lowest BCUT2D eigenvalue weighted by Crippen LogP contribution is -2.52. The Labute approximate surface area is 191 Å². The monoisotopic (exact) mass is 449 g/mol. The molecule has 2 amide bonds. The summed E-state index contributed by atoms with van der Waals surface area (Å²) in [7, 11) is 0. The van der Waals surface area contributed by atoms with Gasteiger partial charge in [0.1, 0.15) is 6.10 Å². The van der Waals surface area contributed by atoms with Gasteiger partial charge in [-0.3, -0.25) is 9.59 Å². The molecule has 2 fully saturated rings. The van der Waals surface area contributed by atoms with E-state index < -0.39 is 0 Å². The van der Waals surface area contributed by atoms with Gasteiger partial charge in [-0.1, -0.05) is 41.9 Å². The standard InChI is InChI=1S/C25H24ClN3O3/c26-18-9-7-17(8-10-18)22-16-20(19-4-1-2-5-21(19)27-22)24(30)28-11-13-29(14-12-28)25(31)23-6-3-15-32-23/h1-2,4-5,7-10,16,23H,3,6,11-15H2. The molecule has 3 aromatic rings. The van der Waals surface area contributed by atoms with Crippen molar-refractivity contribution in [2.24, 2.45) is 0 Å². The molecule has 6 nitrogen and oxygen atoms in total. The van der Waals surface area contributed by atoms with E-state index in [0.29, 0.717) is 43.4 Å². The number of piperazine rings is 1. The van der Waals surface area contributed by atoms with E-state index in [0.717, 1.165) is 35.0 Å². The van der Waals surface area contributed by atoms with Gasteiger partial charge in [-0.25, -0.2) is 4.98 Å². The van der Waals surface area contributed by atoms with Gasteiger partial charge < -0.3 is 14.5 Å². The topological polar surface area (TPSA) is 62.7 Å². The Balaban J connectivity index is 1.39. The second-order valence-corrected chi connectivity index (χ2v) is 8.63. The number of rotatable bonds is 3. The van der Waals surface area contributed by atoms with E-state index in [1.54, 1.807) is 0 Å². The smallest absolute Gasteiger partial charge is 0.254 e. The molecule has 1 atom stereocenters. The molecule has 2 saturated heterocycles. The Hall–Kier alpha value is -2.96. The molecule has 1 aromatic heterocycles. The van der Waals surface area contributed by atoms with Crippen LogP contribution in [0.3, 0.4) is 0 Å². The molecule has 0 bridgehead atoms. The SMILES string of the molecule is O=C(c1cc(-c2ccc(Cl)cc2)nc2ccccc12)N1CCN(C(=O)C2CCCO2)CC1. The Bertz CT molecular complexity index is 1150. The number of halogens is 1. The van der Waals surface area contributed by atoms with E-state index in [1.165, 1.54) is 0 Å². The molecule has 0 radical (unpaired) electrons. The van der Waals surface area contributed by atoms with Gasteiger partial charge in [0.15, 0.2) is 0 Å². The molecule has 5 rings (SSSR count). The number of amides is 2. The van der Waals surface area contributed by atoms with E-state index in [4.69, 9.17) is 21.3 Å². The Morgan fingerprint density at radius 1 is 0.969 bits per heavy atom. The van der Waals surface area contributed by atoms with Gasteiger partial charge in [0.05, 0.1) is 16.8 Å². The first-order chi connectivity index (χ1) is 15.6. The third-order valence-corrected chi connectivity index (χ3v) is 6.42. The summed E-state index contributed by atoms with van der Waals surface area (Å²) in [5.41, 5.74) is 3.03. The molecule has 0 spiro atoms. The van der Waals surface area contributed by atoms with Crippen LogP contribution >= 0.6 is 11.6 Å². The summed E-state index contributed by atoms with van der Waals surface area (Å²) < 4.78 is 5.54. The first-order valence-corrected chi connectivity index (χ1v) is 11.3. The average molecular weight is 450 g/mol. The first-order valence-electron chi connectivity index (χ1n) is 11.0. The van der Waals surface area contributed by atoms with E-state index >= 15 is 0 Å². The number of carbonyl (C=O) groups is 2. The zero-order chi connectivity index (χ0) is 22.1. The van der Waals surface area contributed by atoms with Crippen LogP contribution in [0.1, 0.15) is 23.2 Å². The second-order valence-electron chi connectivity index (χ2n) is 8.20. The Kier molecular flexibility index (Phi) is 5.81. The molecule has 3 heterocycles. The van der Waals surface area contributed by atoms with Gasteiger partial charge in [0, 0.05) is 48.8 Å². The largest absolute Gasteiger partial charge is 0.368 e. The summed E-state index contributed by atoms with van der Waals surface area (Å²) in [5, 5.41) is 1.48. The number of hydrogen-bond acceptors (Lipinski definition) is 4. The zero-order valence-electron chi connectivity index (χ0n) is 17.7. The third-order valence-electron chi connectivity index (χ3n) is 6.17. The van der Waals surface area contributed by atoms with Crippen molar-refractivity contribution in [2.75, 3.05) is 32.8 Å². The van der Waals surface area contributed by atoms with Crippen LogP contribution in [0.25, 0.3) is 22.2 Å². The molecule has 1 unspecified atom stereocenters. The number of hydrogen-bond donors (Lipinski definition) is 0. The summed E-state index contributed by atoms with van der Waals surface area (Å²) in [6, 6.07) is 17.0. The molecule has 7 heteroatoms. The highest BCUT2D eigenvalue weighted by molar-refractivity contribution is 6.30. The zero-order valence-corrected chi connectivity index (χ0v) is 18.4. The van der Waals surface area contributed by atoms with Crippen molar-refractivity contribution in [3.63, 3.8) is 0 Å². The van der Waals surface area contributed by atoms with Gasteiger partial charge in [-0.2, -0.15) is 0 Å². The number of nitrogens with zero attached hydrogens (tertiary/aromatic N) is 3. The number of para-hydroxylation sites is 1. The maximum absolute atomic E-state index is 13.5. The normalized spacial score (nSPS) is 18.8. The first kappa shape index (κ1) is 20.9. The quantitative estimate of drug-likeness (QED) is 0.606. The molecular weight excluding hydrogens is 426 g/mol. The minimum atomic E-state index is -0.316. The molecule has 164 valence electrons. The minimum absolute atomic E-state index is 0.0389. The molecule has 2 aliphatic heterocycles. The van der Waals surface area contributed by atoms with Crippen LogP contribution in [-0.4, -0.2) is 65.5 Å². The van der Waals surface area contributed by atoms with Crippen LogP contribution in [0, 0.1) is 0 Å². The second kappa shape index (κ2) is 8.88. The van der Waals surface area contributed by atoms with Crippen molar-refractivity contribution in [3.8, 4) is 11.3 Å². The predicted octanol–water partition coefficient (Wildman–Crippen LogP) is 4.02. The minimum Gasteiger partial charge on any atom is -0.368 e. The average Bonchev–Trinajstić information content (AvgIpc) is 3.38. The van der Waals surface area contributed by atoms with E-state index in [1.807, 2.05) is 64.4 Å². The third kappa shape index (κ3) is 4.08. The summed E-state index contributed by atoms with van der Waals surface area (Å²) in [6.45, 7) is 2.71. The van der Waals surface area contributed by atoms with Crippen LogP contribution < -0.4 is 0 Å². The highest BCUT2D eigenvalue weighted by atomic mass is 35.5. The summed E-state index contributed by atoms with van der Waals surface area (Å²) in [5.74, 6) is 0.0111. The van der Waals surface area contributed by atoms with Crippen molar-refractivity contribution in [2.45, 2.75) is 18.9 Å². The predicted molar refractivity (Wildman–Crippen MR) is 124 cm³/mol. The highest BCUT2D eigenvalue weighted by Crippen LogP contribution is 2.27. The molecule has 0 saturated carbocycles. The Morgan fingerprint density at radius 3 is 2.41 bits per heavy atom. The maximum Gasteiger partial charge on any atom is 0.254 e. The van der Waals surface area contributed by atoms with Crippen LogP contribution in [0.4, 0.5) is 0 Å². The maximum atomic E-state index is 13.5. The van der Waals surface area contributed by atoms with E-state index in [-0.39, 0.29) is 17.9 Å². The number of pyridine rings is 1. The van der Waals surface area contributed by atoms with Gasteiger partial charge >= 0.3 is 0 Å². The van der Waals surface area contributed by atoms with Crippen molar-refractivity contribution in [3.05, 3.63) is 65.2 Å². The lowest BCUT2D eigenvalue weighted by atomic mass is 10.0. The van der Waals surface area contributed by atoms with Crippen LogP contribution in [-0.2, 0) is 9.53 Å². The Morgan fingerprint density at radius 2 is 1.69 bits per heavy atom. The van der Waals surface area contributed by atoms with Crippen molar-refractivity contribution in [1.82, 2.24) is 14.8 Å². The number of ether oxygens (including phenoxy) is 1. The molecular formula is C25H24ClN3O3. The number of aromatic nitrogens is 1. The van der Waals surface area contributed by atoms with Crippen LogP contribution in [0.5, 0.6) is 0 Å². The molecule has 0 N–H and O–H groups in total. The molecule has 2 aliphatic rings. The van der Waals surface area contributed by atoms with Gasteiger partial charge in [-0.05, 0) is 37.1 Å². The van der Waals surface area contributed by atoms with Gasteiger partial charge in [0.2, 0.25) is 0 Å². The van der Waals surface area contributed by atoms with Crippen LogP contribution in [0.2, 0.25) is 5.02 Å². The number of fused-ring (bicyclic) bond motifs is 1. The van der Waals surface area contributed by atoms with Crippen LogP contribution in [0.15, 0.2) is 54.6 Å². The van der Waals surface area contributed by atoms with E-state index in [2.05, 4.69) is 0 Å². The van der Waals surface area contributed by atoms with Gasteiger partial charge in [-0.15, -0.1) is 0 Å². The number of carbonyl (C=O) groups excluding carboxylic acids is 2. The molecule has 2 aromatic carbocycles. The molecule has 32 heavy (non-hydrogen) atoms. The molecule has 0 aliphatic carbocycles. The summed E-state index contributed by atoms with van der Waals surface area (Å²) in [4.78, 5) is 34.6. The fraction of sp³-hybridized carbons (Fsp3) is 0.320. The lowest BCUT2D eigenvalue weighted by molar-refractivity contribution is -0.142. The van der Waals surface area contributed by atoms with E-state index in [9.17, 15) is 9.59 Å².